The van der Waals surface area contributed by atoms with Crippen LogP contribution in [0.15, 0.2) is 18.2 Å². The summed E-state index contributed by atoms with van der Waals surface area (Å²) in [7, 11) is 0. The zero-order valence-corrected chi connectivity index (χ0v) is 16.8. The third-order valence-corrected chi connectivity index (χ3v) is 7.31. The Morgan fingerprint density at radius 3 is 2.48 bits per heavy atom. The number of ether oxygens (including phenoxy) is 1. The van der Waals surface area contributed by atoms with Crippen LogP contribution in [0.1, 0.15) is 81.8 Å². The van der Waals surface area contributed by atoms with Crippen molar-refractivity contribution in [1.29, 1.82) is 5.26 Å². The first kappa shape index (κ1) is 20.1. The van der Waals surface area contributed by atoms with Crippen molar-refractivity contribution in [2.75, 3.05) is 0 Å². The van der Waals surface area contributed by atoms with E-state index < -0.39 is 17.0 Å². The molecule has 1 heterocycles. The fourth-order valence-corrected chi connectivity index (χ4v) is 5.76. The van der Waals surface area contributed by atoms with Crippen molar-refractivity contribution in [2.45, 2.75) is 88.1 Å². The molecule has 5 heteroatoms. The average molecular weight is 397 g/mol. The number of hydrogen-bond acceptors (Lipinski definition) is 4. The van der Waals surface area contributed by atoms with E-state index in [1.165, 1.54) is 6.07 Å². The minimum absolute atomic E-state index is 0.0492. The van der Waals surface area contributed by atoms with Crippen LogP contribution in [0.5, 0.6) is 0 Å². The van der Waals surface area contributed by atoms with Gasteiger partial charge in [-0.05, 0) is 56.1 Å². The normalized spacial score (nSPS) is 27.0. The molecule has 3 aliphatic rings. The molecule has 1 unspecified atom stereocenters. The summed E-state index contributed by atoms with van der Waals surface area (Å²) in [5, 5.41) is 9.65. The Morgan fingerprint density at radius 2 is 1.86 bits per heavy atom. The summed E-state index contributed by atoms with van der Waals surface area (Å²) in [5.41, 5.74) is -0.106. The third-order valence-electron chi connectivity index (χ3n) is 7.31. The van der Waals surface area contributed by atoms with E-state index in [4.69, 9.17) is 4.74 Å². The molecular weight excluding hydrogens is 369 g/mol. The van der Waals surface area contributed by atoms with E-state index in [0.29, 0.717) is 31.2 Å². The smallest absolute Gasteiger partial charge is 0.313 e. The summed E-state index contributed by atoms with van der Waals surface area (Å²) in [6.07, 6.45) is 8.70. The molecule has 0 aromatic heterocycles. The van der Waals surface area contributed by atoms with Crippen molar-refractivity contribution in [2.24, 2.45) is 5.92 Å². The Morgan fingerprint density at radius 1 is 1.14 bits per heavy atom. The van der Waals surface area contributed by atoms with E-state index in [1.54, 1.807) is 6.07 Å². The zero-order chi connectivity index (χ0) is 20.5. The highest BCUT2D eigenvalue weighted by Gasteiger charge is 2.47. The molecule has 154 valence electrons. The number of ketones is 1. The fourth-order valence-electron chi connectivity index (χ4n) is 5.76. The van der Waals surface area contributed by atoms with Gasteiger partial charge in [-0.2, -0.15) is 5.26 Å². The number of cyclic esters (lactones) is 1. The van der Waals surface area contributed by atoms with Crippen LogP contribution in [0.4, 0.5) is 4.39 Å². The lowest BCUT2D eigenvalue weighted by Crippen LogP contribution is -2.48. The van der Waals surface area contributed by atoms with Gasteiger partial charge in [0.1, 0.15) is 23.6 Å². The summed E-state index contributed by atoms with van der Waals surface area (Å²) in [6, 6.07) is 7.54. The number of nitrogens with zero attached hydrogens (tertiary/aromatic N) is 1. The summed E-state index contributed by atoms with van der Waals surface area (Å²) < 4.78 is 20.8. The molecule has 3 fully saturated rings. The third kappa shape index (κ3) is 3.82. The Balaban J connectivity index is 1.53. The van der Waals surface area contributed by atoms with Gasteiger partial charge in [0.05, 0.1) is 11.5 Å². The molecule has 1 aliphatic heterocycles. The van der Waals surface area contributed by atoms with Crippen LogP contribution in [-0.2, 0) is 26.2 Å². The number of halogens is 1. The number of carbonyl (C=O) groups is 2. The second-order valence-electron chi connectivity index (χ2n) is 9.13. The van der Waals surface area contributed by atoms with Crippen LogP contribution >= 0.6 is 0 Å². The zero-order valence-electron chi connectivity index (χ0n) is 16.8. The topological polar surface area (TPSA) is 67.2 Å². The minimum atomic E-state index is -0.739. The first-order chi connectivity index (χ1) is 14.0. The van der Waals surface area contributed by atoms with Crippen LogP contribution in [0.3, 0.4) is 0 Å². The number of benzene rings is 1. The summed E-state index contributed by atoms with van der Waals surface area (Å²) >= 11 is 0. The highest BCUT2D eigenvalue weighted by Crippen LogP contribution is 2.45. The van der Waals surface area contributed by atoms with E-state index >= 15 is 0 Å². The highest BCUT2D eigenvalue weighted by atomic mass is 19.1. The predicted molar refractivity (Wildman–Crippen MR) is 106 cm³/mol. The summed E-state index contributed by atoms with van der Waals surface area (Å²) in [6.45, 7) is 0. The van der Waals surface area contributed by atoms with Gasteiger partial charge in [0.25, 0.3) is 0 Å². The minimum Gasteiger partial charge on any atom is -0.458 e. The first-order valence-corrected chi connectivity index (χ1v) is 10.9. The lowest BCUT2D eigenvalue weighted by Gasteiger charge is -2.41. The van der Waals surface area contributed by atoms with Gasteiger partial charge in [-0.15, -0.1) is 0 Å². The number of aryl methyl sites for hydroxylation is 1. The van der Waals surface area contributed by atoms with Crippen molar-refractivity contribution < 1.29 is 18.7 Å². The maximum absolute atomic E-state index is 14.9. The van der Waals surface area contributed by atoms with E-state index in [2.05, 4.69) is 6.07 Å². The molecule has 2 aliphatic carbocycles. The number of esters is 1. The van der Waals surface area contributed by atoms with E-state index in [1.807, 2.05) is 6.07 Å². The van der Waals surface area contributed by atoms with Crippen molar-refractivity contribution >= 4 is 11.8 Å². The number of hydrogen-bond donors (Lipinski definition) is 0. The second-order valence-corrected chi connectivity index (χ2v) is 9.13. The van der Waals surface area contributed by atoms with Crippen molar-refractivity contribution in [3.63, 3.8) is 0 Å². The quantitative estimate of drug-likeness (QED) is 0.522. The van der Waals surface area contributed by atoms with Gasteiger partial charge in [-0.1, -0.05) is 37.8 Å². The fraction of sp³-hybridized carbons (Fsp3) is 0.625. The molecule has 1 aromatic rings. The summed E-state index contributed by atoms with van der Waals surface area (Å²) in [5.74, 6) is -0.587. The van der Waals surface area contributed by atoms with Crippen molar-refractivity contribution in [3.8, 4) is 6.07 Å². The van der Waals surface area contributed by atoms with E-state index in [-0.39, 0.29) is 30.4 Å². The number of rotatable bonds is 5. The number of carbonyl (C=O) groups excluding carboxylic acids is 2. The largest absolute Gasteiger partial charge is 0.458 e. The van der Waals surface area contributed by atoms with E-state index in [9.17, 15) is 19.2 Å². The van der Waals surface area contributed by atoms with Gasteiger partial charge in [-0.3, -0.25) is 9.59 Å². The molecule has 4 rings (SSSR count). The first-order valence-electron chi connectivity index (χ1n) is 10.9. The monoisotopic (exact) mass is 397 g/mol. The Bertz CT molecular complexity index is 828. The Hall–Kier alpha value is -2.22. The highest BCUT2D eigenvalue weighted by molar-refractivity contribution is 5.98. The number of Topliss-reactive ketones (excluding diaryl/α,β-unsaturated/α-hetero) is 1. The van der Waals surface area contributed by atoms with Crippen LogP contribution in [0.2, 0.25) is 0 Å². The van der Waals surface area contributed by atoms with Crippen LogP contribution in [0.25, 0.3) is 0 Å². The Kier molecular flexibility index (Phi) is 5.46. The molecule has 0 N–H and O–H groups in total. The van der Waals surface area contributed by atoms with Gasteiger partial charge in [0.2, 0.25) is 0 Å². The van der Waals surface area contributed by atoms with Gasteiger partial charge < -0.3 is 4.74 Å². The van der Waals surface area contributed by atoms with Crippen LogP contribution < -0.4 is 0 Å². The van der Waals surface area contributed by atoms with E-state index in [0.717, 1.165) is 44.1 Å². The van der Waals surface area contributed by atoms with Gasteiger partial charge >= 0.3 is 5.97 Å². The average Bonchev–Trinajstić information content (AvgIpc) is 3.38. The second kappa shape index (κ2) is 7.89. The molecule has 0 bridgehead atoms. The predicted octanol–water partition coefficient (Wildman–Crippen LogP) is 4.93. The lowest BCUT2D eigenvalue weighted by atomic mass is 9.75. The SMILES string of the molecule is N#CC1(c2ccc(CCC3(C4CCCC4)CC(=O)CC(=O)O3)cc2F)CCCC1. The van der Waals surface area contributed by atoms with Gasteiger partial charge in [0, 0.05) is 12.0 Å². The molecule has 4 nitrogen and oxygen atoms in total. The van der Waals surface area contributed by atoms with Crippen molar-refractivity contribution in [1.82, 2.24) is 0 Å². The molecule has 0 radical (unpaired) electrons. The number of nitriles is 1. The molecule has 2 saturated carbocycles. The van der Waals surface area contributed by atoms with Crippen molar-refractivity contribution in [3.05, 3.63) is 35.1 Å². The molecule has 0 spiro atoms. The van der Waals surface area contributed by atoms with Gasteiger partial charge in [0.15, 0.2) is 0 Å². The van der Waals surface area contributed by atoms with Gasteiger partial charge in [-0.25, -0.2) is 4.39 Å². The van der Waals surface area contributed by atoms with Crippen LogP contribution in [0, 0.1) is 23.1 Å². The molecule has 29 heavy (non-hydrogen) atoms. The molecule has 1 aromatic carbocycles. The molecule has 1 atom stereocenters. The molecule has 1 saturated heterocycles. The molecular formula is C24H28FNO3. The lowest BCUT2D eigenvalue weighted by molar-refractivity contribution is -0.178. The maximum Gasteiger partial charge on any atom is 0.313 e. The summed E-state index contributed by atoms with van der Waals surface area (Å²) in [4.78, 5) is 24.2. The Labute approximate surface area is 171 Å². The maximum atomic E-state index is 14.9. The molecule has 0 amide bonds. The standard InChI is InChI=1S/C24H28FNO3/c25-21-13-17(7-8-20(21)23(16-26)10-3-4-11-23)9-12-24(18-5-1-2-6-18)15-19(27)14-22(28)29-24/h7-8,13,18H,1-6,9-12,14-15H2. The van der Waals surface area contributed by atoms with Crippen LogP contribution in [-0.4, -0.2) is 17.4 Å².